The van der Waals surface area contributed by atoms with Gasteiger partial charge in [-0.05, 0) is 12.0 Å². The maximum atomic E-state index is 11.2. The lowest BCUT2D eigenvalue weighted by Crippen LogP contribution is -2.27. The third-order valence-electron chi connectivity index (χ3n) is 3.16. The van der Waals surface area contributed by atoms with E-state index in [9.17, 15) is 8.42 Å². The molecule has 0 saturated heterocycles. The minimum Gasteiger partial charge on any atom is -0.309 e. The van der Waals surface area contributed by atoms with Crippen LogP contribution in [0.2, 0.25) is 0 Å². The quantitative estimate of drug-likeness (QED) is 0.709. The Bertz CT molecular complexity index is 442. The zero-order valence-electron chi connectivity index (χ0n) is 11.9. The number of sulfone groups is 1. The number of hydrogen-bond donors (Lipinski definition) is 1. The Kier molecular flexibility index (Phi) is 7.10. The summed E-state index contributed by atoms with van der Waals surface area (Å²) in [5.74, 6) is 0.199. The summed E-state index contributed by atoms with van der Waals surface area (Å²) in [6.07, 6.45) is 5.93. The highest BCUT2D eigenvalue weighted by Gasteiger charge is 2.11. The molecular formula is C15H25NO2S. The number of nitrogens with one attached hydrogen (secondary N) is 1. The molecule has 19 heavy (non-hydrogen) atoms. The van der Waals surface area contributed by atoms with E-state index in [4.69, 9.17) is 0 Å². The van der Waals surface area contributed by atoms with Crippen LogP contribution in [0.4, 0.5) is 0 Å². The molecule has 1 atom stereocenters. The summed E-state index contributed by atoms with van der Waals surface area (Å²) < 4.78 is 22.3. The SMILES string of the molecule is CCCCCC(NCCS(C)(=O)=O)c1ccccc1. The lowest BCUT2D eigenvalue weighted by atomic mass is 10.0. The van der Waals surface area contributed by atoms with Crippen LogP contribution in [0.15, 0.2) is 30.3 Å². The fourth-order valence-corrected chi connectivity index (χ4v) is 2.58. The standard InChI is InChI=1S/C15H25NO2S/c1-3-4-6-11-15(14-9-7-5-8-10-14)16-12-13-19(2,17)18/h5,7-10,15-16H,3-4,6,11-13H2,1-2H3. The minimum absolute atomic E-state index is 0.199. The lowest BCUT2D eigenvalue weighted by Gasteiger charge is -2.19. The summed E-state index contributed by atoms with van der Waals surface area (Å²) in [4.78, 5) is 0. The molecule has 0 aliphatic rings. The van der Waals surface area contributed by atoms with Gasteiger partial charge in [-0.2, -0.15) is 0 Å². The normalized spacial score (nSPS) is 13.4. The molecule has 0 amide bonds. The first kappa shape index (κ1) is 16.2. The van der Waals surface area contributed by atoms with Crippen molar-refractivity contribution in [2.24, 2.45) is 0 Å². The average molecular weight is 283 g/mol. The molecule has 0 aliphatic heterocycles. The van der Waals surface area contributed by atoms with E-state index in [1.54, 1.807) is 0 Å². The van der Waals surface area contributed by atoms with Crippen molar-refractivity contribution in [3.63, 3.8) is 0 Å². The van der Waals surface area contributed by atoms with E-state index in [0.717, 1.165) is 6.42 Å². The van der Waals surface area contributed by atoms with Gasteiger partial charge in [0.15, 0.2) is 0 Å². The summed E-state index contributed by atoms with van der Waals surface area (Å²) >= 11 is 0. The largest absolute Gasteiger partial charge is 0.309 e. The van der Waals surface area contributed by atoms with Crippen LogP contribution in [0.5, 0.6) is 0 Å². The van der Waals surface area contributed by atoms with E-state index in [1.807, 2.05) is 18.2 Å². The molecule has 0 fully saturated rings. The zero-order valence-corrected chi connectivity index (χ0v) is 12.7. The van der Waals surface area contributed by atoms with Crippen LogP contribution < -0.4 is 5.32 Å². The number of unbranched alkanes of at least 4 members (excludes halogenated alkanes) is 2. The van der Waals surface area contributed by atoms with Crippen LogP contribution >= 0.6 is 0 Å². The molecule has 0 saturated carbocycles. The van der Waals surface area contributed by atoms with Crippen LogP contribution in [0, 0.1) is 0 Å². The molecule has 0 radical (unpaired) electrons. The van der Waals surface area contributed by atoms with Crippen LogP contribution in [-0.4, -0.2) is 27.0 Å². The van der Waals surface area contributed by atoms with Gasteiger partial charge >= 0.3 is 0 Å². The van der Waals surface area contributed by atoms with E-state index >= 15 is 0 Å². The second kappa shape index (κ2) is 8.33. The van der Waals surface area contributed by atoms with E-state index < -0.39 is 9.84 Å². The van der Waals surface area contributed by atoms with Gasteiger partial charge < -0.3 is 5.32 Å². The molecule has 3 nitrogen and oxygen atoms in total. The monoisotopic (exact) mass is 283 g/mol. The molecule has 0 bridgehead atoms. The van der Waals surface area contributed by atoms with E-state index in [2.05, 4.69) is 24.4 Å². The maximum Gasteiger partial charge on any atom is 0.148 e. The number of rotatable bonds is 9. The van der Waals surface area contributed by atoms with E-state index in [1.165, 1.54) is 31.1 Å². The molecule has 1 aromatic carbocycles. The molecule has 4 heteroatoms. The third kappa shape index (κ3) is 7.33. The van der Waals surface area contributed by atoms with Crippen molar-refractivity contribution < 1.29 is 8.42 Å². The Labute approximate surface area is 117 Å². The van der Waals surface area contributed by atoms with Crippen molar-refractivity contribution in [3.8, 4) is 0 Å². The molecule has 0 heterocycles. The fourth-order valence-electron chi connectivity index (χ4n) is 2.09. The van der Waals surface area contributed by atoms with Gasteiger partial charge in [0.1, 0.15) is 9.84 Å². The number of hydrogen-bond acceptors (Lipinski definition) is 3. The Morgan fingerprint density at radius 2 is 1.84 bits per heavy atom. The third-order valence-corrected chi connectivity index (χ3v) is 4.11. The Morgan fingerprint density at radius 1 is 1.16 bits per heavy atom. The second-order valence-corrected chi connectivity index (χ2v) is 7.30. The average Bonchev–Trinajstić information content (AvgIpc) is 2.37. The van der Waals surface area contributed by atoms with Crippen molar-refractivity contribution in [2.45, 2.75) is 38.6 Å². The van der Waals surface area contributed by atoms with Gasteiger partial charge in [0.25, 0.3) is 0 Å². The van der Waals surface area contributed by atoms with Crippen molar-refractivity contribution >= 4 is 9.84 Å². The predicted molar refractivity (Wildman–Crippen MR) is 81.0 cm³/mol. The van der Waals surface area contributed by atoms with Crippen molar-refractivity contribution in [1.29, 1.82) is 0 Å². The number of benzene rings is 1. The summed E-state index contributed by atoms with van der Waals surface area (Å²) in [5, 5.41) is 3.37. The summed E-state index contributed by atoms with van der Waals surface area (Å²) in [7, 11) is -2.89. The van der Waals surface area contributed by atoms with Crippen LogP contribution in [0.25, 0.3) is 0 Å². The smallest absolute Gasteiger partial charge is 0.148 e. The first-order chi connectivity index (χ1) is 9.03. The Balaban J connectivity index is 2.54. The van der Waals surface area contributed by atoms with Crippen LogP contribution in [-0.2, 0) is 9.84 Å². The van der Waals surface area contributed by atoms with Gasteiger partial charge in [0.2, 0.25) is 0 Å². The summed E-state index contributed by atoms with van der Waals surface area (Å²) in [6, 6.07) is 10.5. The molecule has 1 N–H and O–H groups in total. The molecule has 0 spiro atoms. The Hall–Kier alpha value is -0.870. The summed E-state index contributed by atoms with van der Waals surface area (Å²) in [5.41, 5.74) is 1.24. The van der Waals surface area contributed by atoms with Crippen LogP contribution in [0.1, 0.15) is 44.2 Å². The Morgan fingerprint density at radius 3 is 2.42 bits per heavy atom. The first-order valence-corrected chi connectivity index (χ1v) is 9.05. The van der Waals surface area contributed by atoms with Gasteiger partial charge in [-0.25, -0.2) is 8.42 Å². The predicted octanol–water partition coefficient (Wildman–Crippen LogP) is 2.94. The van der Waals surface area contributed by atoms with Crippen molar-refractivity contribution in [3.05, 3.63) is 35.9 Å². The molecule has 1 unspecified atom stereocenters. The molecule has 0 aliphatic carbocycles. The van der Waals surface area contributed by atoms with Crippen molar-refractivity contribution in [2.75, 3.05) is 18.6 Å². The highest BCUT2D eigenvalue weighted by molar-refractivity contribution is 7.90. The highest BCUT2D eigenvalue weighted by Crippen LogP contribution is 2.19. The van der Waals surface area contributed by atoms with E-state index in [0.29, 0.717) is 6.54 Å². The summed E-state index contributed by atoms with van der Waals surface area (Å²) in [6.45, 7) is 2.71. The maximum absolute atomic E-state index is 11.2. The molecule has 0 aromatic heterocycles. The second-order valence-electron chi connectivity index (χ2n) is 5.04. The molecule has 108 valence electrons. The molecule has 1 aromatic rings. The van der Waals surface area contributed by atoms with Gasteiger partial charge in [0, 0.05) is 18.8 Å². The highest BCUT2D eigenvalue weighted by atomic mass is 32.2. The first-order valence-electron chi connectivity index (χ1n) is 6.99. The van der Waals surface area contributed by atoms with Gasteiger partial charge in [-0.3, -0.25) is 0 Å². The van der Waals surface area contributed by atoms with Crippen LogP contribution in [0.3, 0.4) is 0 Å². The minimum atomic E-state index is -2.89. The van der Waals surface area contributed by atoms with Gasteiger partial charge in [0.05, 0.1) is 5.75 Å². The van der Waals surface area contributed by atoms with Gasteiger partial charge in [-0.15, -0.1) is 0 Å². The molecule has 1 rings (SSSR count). The molecular weight excluding hydrogens is 258 g/mol. The van der Waals surface area contributed by atoms with E-state index in [-0.39, 0.29) is 11.8 Å². The fraction of sp³-hybridized carbons (Fsp3) is 0.600. The van der Waals surface area contributed by atoms with Gasteiger partial charge in [-0.1, -0.05) is 56.5 Å². The topological polar surface area (TPSA) is 46.2 Å². The zero-order chi connectivity index (χ0) is 14.1. The lowest BCUT2D eigenvalue weighted by molar-refractivity contribution is 0.485. The van der Waals surface area contributed by atoms with Crippen molar-refractivity contribution in [1.82, 2.24) is 5.32 Å².